The zero-order chi connectivity index (χ0) is 18.1. The number of aromatic nitrogens is 2. The van der Waals surface area contributed by atoms with Crippen molar-refractivity contribution in [1.29, 1.82) is 0 Å². The number of anilines is 2. The van der Waals surface area contributed by atoms with Crippen LogP contribution in [0.25, 0.3) is 10.9 Å². The highest BCUT2D eigenvalue weighted by Gasteiger charge is 2.22. The fraction of sp³-hybridized carbons (Fsp3) is 0.263. The monoisotopic (exact) mass is 372 g/mol. The normalized spacial score (nSPS) is 14.7. The Morgan fingerprint density at radius 2 is 1.77 bits per heavy atom. The number of piperazine rings is 1. The van der Waals surface area contributed by atoms with Crippen LogP contribution in [0.4, 0.5) is 15.9 Å². The quantitative estimate of drug-likeness (QED) is 0.700. The number of methoxy groups -OCH3 is 1. The van der Waals surface area contributed by atoms with Crippen LogP contribution in [-0.2, 0) is 0 Å². The van der Waals surface area contributed by atoms with E-state index < -0.39 is 0 Å². The van der Waals surface area contributed by atoms with Crippen LogP contribution >= 0.6 is 11.6 Å². The third-order valence-corrected chi connectivity index (χ3v) is 4.87. The second-order valence-corrected chi connectivity index (χ2v) is 6.59. The van der Waals surface area contributed by atoms with Gasteiger partial charge in [0.15, 0.2) is 0 Å². The third-order valence-electron chi connectivity index (χ3n) is 4.64. The molecule has 0 unspecified atom stereocenters. The molecule has 26 heavy (non-hydrogen) atoms. The molecule has 1 aliphatic heterocycles. The number of ether oxygens (including phenoxy) is 1. The highest BCUT2D eigenvalue weighted by Crippen LogP contribution is 2.31. The maximum atomic E-state index is 13.4. The lowest BCUT2D eigenvalue weighted by molar-refractivity contribution is 0.410. The van der Waals surface area contributed by atoms with E-state index in [1.807, 2.05) is 18.2 Å². The van der Waals surface area contributed by atoms with Gasteiger partial charge < -0.3 is 14.5 Å². The number of fused-ring (bicyclic) bond motifs is 1. The van der Waals surface area contributed by atoms with Crippen LogP contribution < -0.4 is 14.5 Å². The molecule has 7 heteroatoms. The van der Waals surface area contributed by atoms with Gasteiger partial charge in [-0.05, 0) is 30.3 Å². The second kappa shape index (κ2) is 6.96. The van der Waals surface area contributed by atoms with E-state index in [9.17, 15) is 4.39 Å². The van der Waals surface area contributed by atoms with E-state index in [1.165, 1.54) is 12.1 Å². The first-order chi connectivity index (χ1) is 12.7. The summed E-state index contributed by atoms with van der Waals surface area (Å²) in [6, 6.07) is 10.3. The zero-order valence-electron chi connectivity index (χ0n) is 14.3. The molecule has 2 heterocycles. The van der Waals surface area contributed by atoms with Gasteiger partial charge in [0.25, 0.3) is 0 Å². The Kier molecular flexibility index (Phi) is 4.51. The molecule has 134 valence electrons. The number of hydrogen-bond acceptors (Lipinski definition) is 5. The molecule has 1 fully saturated rings. The van der Waals surface area contributed by atoms with Crippen LogP contribution in [0.5, 0.6) is 5.75 Å². The van der Waals surface area contributed by atoms with Crippen molar-refractivity contribution >= 4 is 34.0 Å². The summed E-state index contributed by atoms with van der Waals surface area (Å²) >= 11 is 6.06. The van der Waals surface area contributed by atoms with Gasteiger partial charge in [0.05, 0.1) is 18.3 Å². The predicted molar refractivity (Wildman–Crippen MR) is 102 cm³/mol. The van der Waals surface area contributed by atoms with Crippen molar-refractivity contribution in [3.63, 3.8) is 0 Å². The van der Waals surface area contributed by atoms with Gasteiger partial charge in [-0.3, -0.25) is 0 Å². The summed E-state index contributed by atoms with van der Waals surface area (Å²) in [6.07, 6.45) is 1.57. The molecule has 0 bridgehead atoms. The van der Waals surface area contributed by atoms with E-state index in [0.717, 1.165) is 48.6 Å². The van der Waals surface area contributed by atoms with Gasteiger partial charge >= 0.3 is 0 Å². The van der Waals surface area contributed by atoms with Crippen LogP contribution in [-0.4, -0.2) is 43.3 Å². The first kappa shape index (κ1) is 16.8. The van der Waals surface area contributed by atoms with E-state index in [1.54, 1.807) is 19.5 Å². The SMILES string of the molecule is COc1cc(F)ccc1N1CCN(c2ncnc3cc(Cl)ccc23)CC1. The maximum Gasteiger partial charge on any atom is 0.145 e. The lowest BCUT2D eigenvalue weighted by atomic mass is 10.2. The average molecular weight is 373 g/mol. The minimum Gasteiger partial charge on any atom is -0.494 e. The molecule has 0 radical (unpaired) electrons. The van der Waals surface area contributed by atoms with E-state index in [0.29, 0.717) is 10.8 Å². The standard InChI is InChI=1S/C19H18ClFN4O/c1-26-18-11-14(21)3-5-17(18)24-6-8-25(9-7-24)19-15-4-2-13(20)10-16(15)22-12-23-19/h2-5,10-12H,6-9H2,1H3. The van der Waals surface area contributed by atoms with E-state index in [4.69, 9.17) is 16.3 Å². The van der Waals surface area contributed by atoms with Gasteiger partial charge in [0.1, 0.15) is 23.7 Å². The first-order valence-electron chi connectivity index (χ1n) is 8.39. The van der Waals surface area contributed by atoms with E-state index >= 15 is 0 Å². The molecule has 0 spiro atoms. The minimum atomic E-state index is -0.296. The molecular weight excluding hydrogens is 355 g/mol. The summed E-state index contributed by atoms with van der Waals surface area (Å²) < 4.78 is 18.8. The number of halogens is 2. The van der Waals surface area contributed by atoms with Crippen LogP contribution in [0.2, 0.25) is 5.02 Å². The number of hydrogen-bond donors (Lipinski definition) is 0. The molecule has 5 nitrogen and oxygen atoms in total. The van der Waals surface area contributed by atoms with Crippen molar-refractivity contribution in [1.82, 2.24) is 9.97 Å². The summed E-state index contributed by atoms with van der Waals surface area (Å²) in [5, 5.41) is 1.65. The number of nitrogens with zero attached hydrogens (tertiary/aromatic N) is 4. The highest BCUT2D eigenvalue weighted by molar-refractivity contribution is 6.31. The Labute approximate surface area is 156 Å². The topological polar surface area (TPSA) is 41.5 Å². The van der Waals surface area contributed by atoms with Gasteiger partial charge in [-0.25, -0.2) is 14.4 Å². The Morgan fingerprint density at radius 1 is 1.00 bits per heavy atom. The Balaban J connectivity index is 1.56. The van der Waals surface area contributed by atoms with Crippen molar-refractivity contribution in [3.05, 3.63) is 53.6 Å². The highest BCUT2D eigenvalue weighted by atomic mass is 35.5. The predicted octanol–water partition coefficient (Wildman–Crippen LogP) is 3.76. The van der Waals surface area contributed by atoms with Gasteiger partial charge in [0, 0.05) is 42.7 Å². The van der Waals surface area contributed by atoms with Gasteiger partial charge in [0.2, 0.25) is 0 Å². The molecule has 0 aliphatic carbocycles. The fourth-order valence-electron chi connectivity index (χ4n) is 3.34. The molecular formula is C19H18ClFN4O. The molecule has 1 saturated heterocycles. The van der Waals surface area contributed by atoms with Crippen molar-refractivity contribution in [2.45, 2.75) is 0 Å². The summed E-state index contributed by atoms with van der Waals surface area (Å²) in [5.74, 6) is 1.17. The van der Waals surface area contributed by atoms with Crippen molar-refractivity contribution in [2.24, 2.45) is 0 Å². The second-order valence-electron chi connectivity index (χ2n) is 6.15. The lowest BCUT2D eigenvalue weighted by Gasteiger charge is -2.37. The molecule has 2 aromatic carbocycles. The van der Waals surface area contributed by atoms with Crippen LogP contribution in [0.15, 0.2) is 42.7 Å². The largest absolute Gasteiger partial charge is 0.494 e. The maximum absolute atomic E-state index is 13.4. The van der Waals surface area contributed by atoms with Crippen LogP contribution in [0.1, 0.15) is 0 Å². The molecule has 0 atom stereocenters. The van der Waals surface area contributed by atoms with Gasteiger partial charge in [-0.1, -0.05) is 11.6 Å². The lowest BCUT2D eigenvalue weighted by Crippen LogP contribution is -2.47. The Hall–Kier alpha value is -2.60. The average Bonchev–Trinajstić information content (AvgIpc) is 2.67. The molecule has 1 aromatic heterocycles. The molecule has 0 amide bonds. The zero-order valence-corrected chi connectivity index (χ0v) is 15.1. The molecule has 4 rings (SSSR count). The fourth-order valence-corrected chi connectivity index (χ4v) is 3.51. The third kappa shape index (κ3) is 3.12. The van der Waals surface area contributed by atoms with Crippen molar-refractivity contribution in [2.75, 3.05) is 43.1 Å². The summed E-state index contributed by atoms with van der Waals surface area (Å²) in [4.78, 5) is 13.2. The number of rotatable bonds is 3. The summed E-state index contributed by atoms with van der Waals surface area (Å²) in [6.45, 7) is 3.19. The van der Waals surface area contributed by atoms with Crippen LogP contribution in [0, 0.1) is 5.82 Å². The van der Waals surface area contributed by atoms with Gasteiger partial charge in [-0.2, -0.15) is 0 Å². The Morgan fingerprint density at radius 3 is 2.54 bits per heavy atom. The Bertz CT molecular complexity index is 944. The van der Waals surface area contributed by atoms with E-state index in [-0.39, 0.29) is 5.82 Å². The molecule has 1 aliphatic rings. The van der Waals surface area contributed by atoms with Gasteiger partial charge in [-0.15, -0.1) is 0 Å². The van der Waals surface area contributed by atoms with Crippen molar-refractivity contribution in [3.8, 4) is 5.75 Å². The minimum absolute atomic E-state index is 0.296. The summed E-state index contributed by atoms with van der Waals surface area (Å²) in [5.41, 5.74) is 1.75. The van der Waals surface area contributed by atoms with Crippen molar-refractivity contribution < 1.29 is 9.13 Å². The summed E-state index contributed by atoms with van der Waals surface area (Å²) in [7, 11) is 1.56. The molecule has 3 aromatic rings. The first-order valence-corrected chi connectivity index (χ1v) is 8.77. The molecule has 0 N–H and O–H groups in total. The molecule has 0 saturated carbocycles. The van der Waals surface area contributed by atoms with E-state index in [2.05, 4.69) is 19.8 Å². The van der Waals surface area contributed by atoms with Crippen LogP contribution in [0.3, 0.4) is 0 Å². The number of benzene rings is 2. The smallest absolute Gasteiger partial charge is 0.145 e.